The van der Waals surface area contributed by atoms with E-state index in [1.165, 1.54) is 0 Å². The number of carbonyl (C=O) groups excluding carboxylic acids is 3. The second kappa shape index (κ2) is 28.9. The van der Waals surface area contributed by atoms with Gasteiger partial charge in [-0.15, -0.1) is 0 Å². The molecule has 0 unspecified atom stereocenters. The quantitative estimate of drug-likeness (QED) is 0.0542. The van der Waals surface area contributed by atoms with Crippen molar-refractivity contribution in [3.05, 3.63) is 137 Å². The highest BCUT2D eigenvalue weighted by atomic mass is 16.8. The van der Waals surface area contributed by atoms with E-state index in [1.807, 2.05) is 98.8 Å². The first-order valence-corrected chi connectivity index (χ1v) is 21.0. The smallest absolute Gasteiger partial charge is 0.497 e. The Morgan fingerprint density at radius 1 is 0.571 bits per heavy atom. The summed E-state index contributed by atoms with van der Waals surface area (Å²) < 4.78 is 21.0. The van der Waals surface area contributed by atoms with Gasteiger partial charge in [0.25, 0.3) is 0 Å². The van der Waals surface area contributed by atoms with E-state index in [-0.39, 0.29) is 31.6 Å². The Balaban J connectivity index is 0.000000241. The van der Waals surface area contributed by atoms with Gasteiger partial charge in [-0.2, -0.15) is 5.26 Å². The summed E-state index contributed by atoms with van der Waals surface area (Å²) in [4.78, 5) is 44.5. The number of ether oxygens (including phenoxy) is 4. The third-order valence-corrected chi connectivity index (χ3v) is 9.56. The Labute approximate surface area is 370 Å². The number of oxime groups is 1. The summed E-state index contributed by atoms with van der Waals surface area (Å²) in [6, 6.07) is 33.4. The maximum absolute atomic E-state index is 12.6. The summed E-state index contributed by atoms with van der Waals surface area (Å²) in [6.07, 6.45) is -1.75. The van der Waals surface area contributed by atoms with Gasteiger partial charge in [-0.1, -0.05) is 107 Å². The normalized spacial score (nSPS) is 14.6. The van der Waals surface area contributed by atoms with Crippen molar-refractivity contribution >= 4 is 24.1 Å². The van der Waals surface area contributed by atoms with Crippen LogP contribution in [0, 0.1) is 25.2 Å². The van der Waals surface area contributed by atoms with E-state index in [9.17, 15) is 14.4 Å². The van der Waals surface area contributed by atoms with Gasteiger partial charge < -0.3 is 50.0 Å². The largest absolute Gasteiger partial charge is 0.535 e. The lowest BCUT2D eigenvalue weighted by Crippen LogP contribution is -2.42. The van der Waals surface area contributed by atoms with Crippen LogP contribution in [0.5, 0.6) is 5.75 Å². The highest BCUT2D eigenvalue weighted by Crippen LogP contribution is 2.13. The maximum atomic E-state index is 12.6. The molecule has 4 aromatic carbocycles. The lowest BCUT2D eigenvalue weighted by molar-refractivity contribution is 0.0521. The summed E-state index contributed by atoms with van der Waals surface area (Å²) in [5.41, 5.74) is 5.51. The molecule has 0 atom stereocenters. The number of nitriles is 1. The molecule has 63 heavy (non-hydrogen) atoms. The molecule has 4 aromatic rings. The molecule has 2 heterocycles. The van der Waals surface area contributed by atoms with Crippen molar-refractivity contribution in [2.75, 3.05) is 85.6 Å². The molecule has 0 saturated carbocycles. The average molecular weight is 865 g/mol. The van der Waals surface area contributed by atoms with Crippen molar-refractivity contribution in [2.45, 2.75) is 33.7 Å². The molecular formula is C47H60N8O8. The van der Waals surface area contributed by atoms with Gasteiger partial charge in [-0.25, -0.2) is 14.4 Å². The van der Waals surface area contributed by atoms with Gasteiger partial charge in [0.2, 0.25) is 0 Å². The minimum atomic E-state index is -0.954. The highest BCUT2D eigenvalue weighted by Gasteiger charge is 2.22. The SMILES string of the molecule is C1CNCCNCCN1.COc1ccc(COC(=O)N2CCNCCN(C(=O)OCc3ccc(C)cc3)CC2)cc1.Cc1ccc(COC(=O)O/N=C(\C#N)c2ccccc2)cc1. The summed E-state index contributed by atoms with van der Waals surface area (Å²) in [6.45, 7) is 14.1. The van der Waals surface area contributed by atoms with Crippen LogP contribution in [0.2, 0.25) is 0 Å². The fourth-order valence-corrected chi connectivity index (χ4v) is 5.84. The first-order valence-electron chi connectivity index (χ1n) is 21.0. The van der Waals surface area contributed by atoms with Gasteiger partial charge in [0.15, 0.2) is 5.71 Å². The molecule has 0 aromatic heterocycles. The molecule has 2 fully saturated rings. The number of benzene rings is 4. The predicted octanol–water partition coefficient (Wildman–Crippen LogP) is 5.53. The van der Waals surface area contributed by atoms with Gasteiger partial charge in [-0.3, -0.25) is 4.84 Å². The van der Waals surface area contributed by atoms with Crippen LogP contribution in [0.3, 0.4) is 0 Å². The molecule has 336 valence electrons. The topological polar surface area (TPSA) is 188 Å². The minimum absolute atomic E-state index is 0.00730. The van der Waals surface area contributed by atoms with Gasteiger partial charge in [0.05, 0.1) is 7.11 Å². The molecule has 2 aliphatic rings. The van der Waals surface area contributed by atoms with E-state index in [1.54, 1.807) is 41.2 Å². The average Bonchev–Trinajstić information content (AvgIpc) is 3.56. The first-order chi connectivity index (χ1) is 30.7. The molecule has 16 nitrogen and oxygen atoms in total. The molecule has 4 N–H and O–H groups in total. The van der Waals surface area contributed by atoms with E-state index in [4.69, 9.17) is 24.2 Å². The number of carbonyl (C=O) groups is 3. The number of nitrogens with zero attached hydrogens (tertiary/aromatic N) is 4. The second-order valence-electron chi connectivity index (χ2n) is 14.5. The number of aryl methyl sites for hydroxylation is 2. The lowest BCUT2D eigenvalue weighted by Gasteiger charge is -2.25. The Kier molecular flexibility index (Phi) is 22.6. The minimum Gasteiger partial charge on any atom is -0.497 e. The number of hydrogen-bond donors (Lipinski definition) is 4. The lowest BCUT2D eigenvalue weighted by atomic mass is 10.1. The molecule has 2 aliphatic heterocycles. The van der Waals surface area contributed by atoms with Crippen molar-refractivity contribution < 1.29 is 38.2 Å². The fourth-order valence-electron chi connectivity index (χ4n) is 5.84. The van der Waals surface area contributed by atoms with Gasteiger partial charge in [-0.05, 0) is 42.7 Å². The molecule has 0 radical (unpaired) electrons. The predicted molar refractivity (Wildman–Crippen MR) is 240 cm³/mol. The highest BCUT2D eigenvalue weighted by molar-refractivity contribution is 6.11. The van der Waals surface area contributed by atoms with Crippen molar-refractivity contribution in [1.82, 2.24) is 31.1 Å². The number of methoxy groups -OCH3 is 1. The van der Waals surface area contributed by atoms with Gasteiger partial charge in [0, 0.05) is 84.1 Å². The zero-order chi connectivity index (χ0) is 44.9. The van der Waals surface area contributed by atoms with E-state index >= 15 is 0 Å². The van der Waals surface area contributed by atoms with E-state index in [0.717, 1.165) is 72.8 Å². The number of rotatable bonds is 9. The third kappa shape index (κ3) is 19.8. The zero-order valence-corrected chi connectivity index (χ0v) is 36.5. The fraction of sp³-hybridized carbons (Fsp3) is 0.383. The van der Waals surface area contributed by atoms with Crippen molar-refractivity contribution in [2.24, 2.45) is 5.16 Å². The summed E-state index contributed by atoms with van der Waals surface area (Å²) in [7, 11) is 1.61. The van der Waals surface area contributed by atoms with Crippen LogP contribution in [-0.4, -0.2) is 120 Å². The second-order valence-corrected chi connectivity index (χ2v) is 14.5. The van der Waals surface area contributed by atoms with Crippen molar-refractivity contribution in [3.63, 3.8) is 0 Å². The van der Waals surface area contributed by atoms with Crippen LogP contribution in [0.1, 0.15) is 33.4 Å². The molecule has 0 aliphatic carbocycles. The van der Waals surface area contributed by atoms with Crippen LogP contribution in [0.15, 0.2) is 108 Å². The monoisotopic (exact) mass is 864 g/mol. The molecule has 0 bridgehead atoms. The number of nitrogens with one attached hydrogen (secondary N) is 4. The standard InChI is InChI=1S/C24H31N3O5.C17H14N2O3.C6H15N3/c1-19-3-5-20(6-4-19)17-31-23(28)26-13-11-25-12-14-27(16-15-26)24(29)32-18-21-7-9-22(30-2)10-8-21;1-13-7-9-14(10-8-13)12-21-17(20)22-19-16(11-18)15-5-3-2-4-6-15;1-2-8-5-6-9-4-3-7-1/h3-10,25H,11-18H2,1-2H3;2-10H,12H2,1H3;7-9H,1-6H2/b;19-16+;. The number of hydrogen-bond acceptors (Lipinski definition) is 14. The Morgan fingerprint density at radius 3 is 1.41 bits per heavy atom. The van der Waals surface area contributed by atoms with Gasteiger partial charge >= 0.3 is 18.3 Å². The van der Waals surface area contributed by atoms with E-state index in [2.05, 4.69) is 31.3 Å². The first kappa shape index (κ1) is 49.1. The van der Waals surface area contributed by atoms with Crippen molar-refractivity contribution in [1.29, 1.82) is 5.26 Å². The van der Waals surface area contributed by atoms with Crippen LogP contribution in [0.25, 0.3) is 0 Å². The zero-order valence-electron chi connectivity index (χ0n) is 36.5. The number of amides is 2. The Hall–Kier alpha value is -6.51. The molecule has 2 amide bonds. The van der Waals surface area contributed by atoms with Crippen LogP contribution in [0.4, 0.5) is 14.4 Å². The maximum Gasteiger partial charge on any atom is 0.535 e. The van der Waals surface area contributed by atoms with E-state index in [0.29, 0.717) is 44.8 Å². The Morgan fingerprint density at radius 2 is 0.984 bits per heavy atom. The third-order valence-electron chi connectivity index (χ3n) is 9.56. The Bertz CT molecular complexity index is 1980. The molecular weight excluding hydrogens is 805 g/mol. The summed E-state index contributed by atoms with van der Waals surface area (Å²) in [5.74, 6) is 0.750. The van der Waals surface area contributed by atoms with Crippen LogP contribution >= 0.6 is 0 Å². The summed E-state index contributed by atoms with van der Waals surface area (Å²) in [5, 5.41) is 25.7. The van der Waals surface area contributed by atoms with Crippen LogP contribution < -0.4 is 26.0 Å². The van der Waals surface area contributed by atoms with E-state index < -0.39 is 12.2 Å². The van der Waals surface area contributed by atoms with Gasteiger partial charge in [0.1, 0.15) is 31.6 Å². The molecule has 0 spiro atoms. The van der Waals surface area contributed by atoms with Crippen molar-refractivity contribution in [3.8, 4) is 11.8 Å². The molecule has 2 saturated heterocycles. The molecule has 6 rings (SSSR count). The van der Waals surface area contributed by atoms with Crippen LogP contribution in [-0.2, 0) is 38.9 Å². The summed E-state index contributed by atoms with van der Waals surface area (Å²) >= 11 is 0. The molecule has 16 heteroatoms.